The van der Waals surface area contributed by atoms with Crippen molar-refractivity contribution in [1.29, 1.82) is 0 Å². The van der Waals surface area contributed by atoms with Crippen molar-refractivity contribution in [2.45, 2.75) is 37.9 Å². The number of nitrogens with zero attached hydrogens (tertiary/aromatic N) is 1. The average Bonchev–Trinajstić information content (AvgIpc) is 2.49. The van der Waals surface area contributed by atoms with Crippen molar-refractivity contribution in [1.82, 2.24) is 10.2 Å². The molecular formula is C10H19F3N2S. The molecule has 1 aliphatic heterocycles. The highest BCUT2D eigenvalue weighted by Gasteiger charge is 2.29. The number of hydrogen-bond donors (Lipinski definition) is 1. The summed E-state index contributed by atoms with van der Waals surface area (Å²) in [6.07, 6.45) is 1.04. The SMILES string of the molecule is CC(C)NC1CCN(CCSC(F)(F)F)C1. The Bertz CT molecular complexity index is 209. The highest BCUT2D eigenvalue weighted by atomic mass is 32.2. The Labute approximate surface area is 98.9 Å². The average molecular weight is 256 g/mol. The van der Waals surface area contributed by atoms with E-state index in [0.717, 1.165) is 19.5 Å². The highest BCUT2D eigenvalue weighted by Crippen LogP contribution is 2.30. The molecule has 1 fully saturated rings. The molecule has 1 aliphatic rings. The third-order valence-corrected chi connectivity index (χ3v) is 3.23. The van der Waals surface area contributed by atoms with Crippen molar-refractivity contribution >= 4 is 11.8 Å². The Balaban J connectivity index is 2.12. The van der Waals surface area contributed by atoms with Crippen LogP contribution in [-0.2, 0) is 0 Å². The van der Waals surface area contributed by atoms with Gasteiger partial charge in [0.25, 0.3) is 0 Å². The number of nitrogens with one attached hydrogen (secondary N) is 1. The van der Waals surface area contributed by atoms with Gasteiger partial charge in [-0.3, -0.25) is 0 Å². The Morgan fingerprint density at radius 1 is 1.44 bits per heavy atom. The molecule has 0 amide bonds. The molecule has 0 aromatic heterocycles. The van der Waals surface area contributed by atoms with Gasteiger partial charge in [-0.15, -0.1) is 0 Å². The maximum Gasteiger partial charge on any atom is 0.441 e. The summed E-state index contributed by atoms with van der Waals surface area (Å²) in [5, 5.41) is 3.41. The van der Waals surface area contributed by atoms with Gasteiger partial charge in [0, 0.05) is 30.9 Å². The molecule has 0 aliphatic carbocycles. The van der Waals surface area contributed by atoms with E-state index in [9.17, 15) is 13.2 Å². The van der Waals surface area contributed by atoms with Gasteiger partial charge in [-0.1, -0.05) is 13.8 Å². The van der Waals surface area contributed by atoms with Gasteiger partial charge in [0.1, 0.15) is 0 Å². The summed E-state index contributed by atoms with van der Waals surface area (Å²) in [7, 11) is 0. The largest absolute Gasteiger partial charge is 0.441 e. The van der Waals surface area contributed by atoms with Gasteiger partial charge >= 0.3 is 5.51 Å². The summed E-state index contributed by atoms with van der Waals surface area (Å²) in [6, 6.07) is 0.880. The molecular weight excluding hydrogens is 237 g/mol. The molecule has 0 radical (unpaired) electrons. The van der Waals surface area contributed by atoms with Crippen LogP contribution >= 0.6 is 11.8 Å². The van der Waals surface area contributed by atoms with E-state index in [1.165, 1.54) is 0 Å². The molecule has 16 heavy (non-hydrogen) atoms. The number of alkyl halides is 3. The van der Waals surface area contributed by atoms with E-state index in [1.54, 1.807) is 0 Å². The van der Waals surface area contributed by atoms with Crippen LogP contribution in [0.25, 0.3) is 0 Å². The van der Waals surface area contributed by atoms with Crippen LogP contribution < -0.4 is 5.32 Å². The Hall–Kier alpha value is 0.0600. The first-order valence-corrected chi connectivity index (χ1v) is 6.54. The lowest BCUT2D eigenvalue weighted by Crippen LogP contribution is -2.37. The predicted molar refractivity (Wildman–Crippen MR) is 61.6 cm³/mol. The standard InChI is InChI=1S/C10H19F3N2S/c1-8(2)14-9-3-4-15(7-9)5-6-16-10(11,12)13/h8-9,14H,3-7H2,1-2H3. The monoisotopic (exact) mass is 256 g/mol. The molecule has 0 bridgehead atoms. The van der Waals surface area contributed by atoms with Crippen LogP contribution in [-0.4, -0.2) is 47.9 Å². The molecule has 0 spiro atoms. The van der Waals surface area contributed by atoms with Crippen molar-refractivity contribution < 1.29 is 13.2 Å². The molecule has 1 unspecified atom stereocenters. The Morgan fingerprint density at radius 2 is 2.12 bits per heavy atom. The van der Waals surface area contributed by atoms with E-state index >= 15 is 0 Å². The van der Waals surface area contributed by atoms with E-state index in [-0.39, 0.29) is 17.5 Å². The third kappa shape index (κ3) is 5.96. The number of thioether (sulfide) groups is 1. The van der Waals surface area contributed by atoms with Crippen LogP contribution in [0.15, 0.2) is 0 Å². The van der Waals surface area contributed by atoms with Crippen LogP contribution in [0.1, 0.15) is 20.3 Å². The predicted octanol–water partition coefficient (Wildman–Crippen LogP) is 2.31. The summed E-state index contributed by atoms with van der Waals surface area (Å²) < 4.78 is 35.7. The number of rotatable bonds is 5. The minimum absolute atomic E-state index is 0.0735. The van der Waals surface area contributed by atoms with Gasteiger partial charge in [0.05, 0.1) is 0 Å². The number of halogens is 3. The smallest absolute Gasteiger partial charge is 0.310 e. The van der Waals surface area contributed by atoms with Crippen molar-refractivity contribution in [2.24, 2.45) is 0 Å². The summed E-state index contributed by atoms with van der Waals surface area (Å²) in [5.41, 5.74) is -4.09. The second-order valence-corrected chi connectivity index (χ2v) is 5.56. The maximum absolute atomic E-state index is 11.9. The van der Waals surface area contributed by atoms with Crippen molar-refractivity contribution in [3.63, 3.8) is 0 Å². The fourth-order valence-corrected chi connectivity index (χ4v) is 2.51. The van der Waals surface area contributed by atoms with Gasteiger partial charge < -0.3 is 10.2 Å². The molecule has 1 atom stereocenters. The van der Waals surface area contributed by atoms with Crippen LogP contribution in [0, 0.1) is 0 Å². The lowest BCUT2D eigenvalue weighted by Gasteiger charge is -2.18. The zero-order valence-corrected chi connectivity index (χ0v) is 10.5. The quantitative estimate of drug-likeness (QED) is 0.812. The van der Waals surface area contributed by atoms with Gasteiger partial charge in [0.15, 0.2) is 0 Å². The summed E-state index contributed by atoms with van der Waals surface area (Å²) in [6.45, 7) is 6.48. The third-order valence-electron chi connectivity index (χ3n) is 2.51. The molecule has 1 N–H and O–H groups in total. The first kappa shape index (κ1) is 14.1. The Kier molecular flexibility index (Phi) is 5.40. The molecule has 0 aromatic rings. The second kappa shape index (κ2) is 6.12. The fraction of sp³-hybridized carbons (Fsp3) is 1.00. The van der Waals surface area contributed by atoms with Crippen molar-refractivity contribution in [3.05, 3.63) is 0 Å². The second-order valence-electron chi connectivity index (χ2n) is 4.40. The number of likely N-dealkylation sites (tertiary alicyclic amines) is 1. The van der Waals surface area contributed by atoms with Crippen molar-refractivity contribution in [3.8, 4) is 0 Å². The molecule has 2 nitrogen and oxygen atoms in total. The molecule has 0 aromatic carbocycles. The first-order chi connectivity index (χ1) is 7.37. The molecule has 1 heterocycles. The molecule has 1 saturated heterocycles. The molecule has 96 valence electrons. The summed E-state index contributed by atoms with van der Waals surface area (Å²) in [5.74, 6) is 0.137. The maximum atomic E-state index is 11.9. The minimum Gasteiger partial charge on any atom is -0.310 e. The zero-order chi connectivity index (χ0) is 12.2. The zero-order valence-electron chi connectivity index (χ0n) is 9.68. The van der Waals surface area contributed by atoms with E-state index in [1.807, 2.05) is 0 Å². The summed E-state index contributed by atoms with van der Waals surface area (Å²) in [4.78, 5) is 2.10. The fourth-order valence-electron chi connectivity index (χ4n) is 1.93. The normalized spacial score (nSPS) is 23.2. The van der Waals surface area contributed by atoms with E-state index < -0.39 is 5.51 Å². The lowest BCUT2D eigenvalue weighted by molar-refractivity contribution is -0.0328. The van der Waals surface area contributed by atoms with E-state index in [4.69, 9.17) is 0 Å². The molecule has 0 saturated carbocycles. The minimum atomic E-state index is -4.09. The Morgan fingerprint density at radius 3 is 2.69 bits per heavy atom. The van der Waals surface area contributed by atoms with Gasteiger partial charge in [0.2, 0.25) is 0 Å². The van der Waals surface area contributed by atoms with Crippen molar-refractivity contribution in [2.75, 3.05) is 25.4 Å². The van der Waals surface area contributed by atoms with Gasteiger partial charge in [-0.05, 0) is 24.7 Å². The van der Waals surface area contributed by atoms with E-state index in [0.29, 0.717) is 18.6 Å². The topological polar surface area (TPSA) is 15.3 Å². The number of hydrogen-bond acceptors (Lipinski definition) is 3. The van der Waals surface area contributed by atoms with Crippen LogP contribution in [0.3, 0.4) is 0 Å². The first-order valence-electron chi connectivity index (χ1n) is 5.56. The highest BCUT2D eigenvalue weighted by molar-refractivity contribution is 8.00. The molecule has 6 heteroatoms. The van der Waals surface area contributed by atoms with Gasteiger partial charge in [-0.2, -0.15) is 13.2 Å². The molecule has 1 rings (SSSR count). The van der Waals surface area contributed by atoms with Gasteiger partial charge in [-0.25, -0.2) is 0 Å². The van der Waals surface area contributed by atoms with Crippen LogP contribution in [0.4, 0.5) is 13.2 Å². The van der Waals surface area contributed by atoms with Crippen LogP contribution in [0.5, 0.6) is 0 Å². The lowest BCUT2D eigenvalue weighted by atomic mass is 10.2. The summed E-state index contributed by atoms with van der Waals surface area (Å²) >= 11 is 0.0735. The van der Waals surface area contributed by atoms with E-state index in [2.05, 4.69) is 24.1 Å². The van der Waals surface area contributed by atoms with Crippen LogP contribution in [0.2, 0.25) is 0 Å².